The lowest BCUT2D eigenvalue weighted by molar-refractivity contribution is -0.136. The standard InChI is InChI=1S/C15H16N2O3/c1-2-20-14-5-3-11(4-6-14)7-12(8-16)15(19)17-9-13(18)10-17/h3-7,13,18H,2,9-10H2,1H3/b12-7-. The Morgan fingerprint density at radius 1 is 1.50 bits per heavy atom. The summed E-state index contributed by atoms with van der Waals surface area (Å²) in [6.45, 7) is 3.08. The van der Waals surface area contributed by atoms with Crippen molar-refractivity contribution >= 4 is 12.0 Å². The average Bonchev–Trinajstić information content (AvgIpc) is 2.43. The molecule has 1 aromatic rings. The quantitative estimate of drug-likeness (QED) is 0.660. The van der Waals surface area contributed by atoms with Crippen LogP contribution in [0.3, 0.4) is 0 Å². The number of carbonyl (C=O) groups excluding carboxylic acids is 1. The van der Waals surface area contributed by atoms with Gasteiger partial charge >= 0.3 is 0 Å². The maximum Gasteiger partial charge on any atom is 0.264 e. The van der Waals surface area contributed by atoms with E-state index < -0.39 is 6.10 Å². The van der Waals surface area contributed by atoms with Crippen LogP contribution in [0.4, 0.5) is 0 Å². The predicted molar refractivity (Wildman–Crippen MR) is 73.8 cm³/mol. The third-order valence-corrected chi connectivity index (χ3v) is 3.00. The van der Waals surface area contributed by atoms with Crippen LogP contribution in [0, 0.1) is 11.3 Å². The van der Waals surface area contributed by atoms with Gasteiger partial charge in [-0.1, -0.05) is 12.1 Å². The third-order valence-electron chi connectivity index (χ3n) is 3.00. The summed E-state index contributed by atoms with van der Waals surface area (Å²) in [5.41, 5.74) is 0.834. The van der Waals surface area contributed by atoms with Crippen LogP contribution in [0.1, 0.15) is 12.5 Å². The van der Waals surface area contributed by atoms with Crippen LogP contribution in [0.15, 0.2) is 29.8 Å². The first kappa shape index (κ1) is 14.1. The third kappa shape index (κ3) is 3.16. The maximum absolute atomic E-state index is 12.0. The van der Waals surface area contributed by atoms with Gasteiger partial charge in [0.2, 0.25) is 0 Å². The van der Waals surface area contributed by atoms with Gasteiger partial charge in [-0.15, -0.1) is 0 Å². The lowest BCUT2D eigenvalue weighted by Crippen LogP contribution is -2.53. The number of aliphatic hydroxyl groups is 1. The van der Waals surface area contributed by atoms with Crippen molar-refractivity contribution < 1.29 is 14.6 Å². The van der Waals surface area contributed by atoms with E-state index in [4.69, 9.17) is 10.00 Å². The first-order chi connectivity index (χ1) is 9.63. The number of hydrogen-bond donors (Lipinski definition) is 1. The zero-order valence-electron chi connectivity index (χ0n) is 11.2. The van der Waals surface area contributed by atoms with Crippen LogP contribution in [0.5, 0.6) is 5.75 Å². The van der Waals surface area contributed by atoms with E-state index in [1.54, 1.807) is 30.3 Å². The first-order valence-corrected chi connectivity index (χ1v) is 6.46. The van der Waals surface area contributed by atoms with Crippen LogP contribution in [-0.4, -0.2) is 41.7 Å². The highest BCUT2D eigenvalue weighted by molar-refractivity contribution is 6.02. The number of carbonyl (C=O) groups is 1. The number of aliphatic hydroxyl groups excluding tert-OH is 1. The van der Waals surface area contributed by atoms with Crippen molar-refractivity contribution in [2.24, 2.45) is 0 Å². The number of nitrogens with zero attached hydrogens (tertiary/aromatic N) is 2. The summed E-state index contributed by atoms with van der Waals surface area (Å²) in [6, 6.07) is 9.08. The molecule has 5 nitrogen and oxygen atoms in total. The van der Waals surface area contributed by atoms with Gasteiger partial charge in [-0.25, -0.2) is 0 Å². The Bertz CT molecular complexity index is 551. The van der Waals surface area contributed by atoms with Crippen molar-refractivity contribution in [2.75, 3.05) is 19.7 Å². The van der Waals surface area contributed by atoms with Gasteiger partial charge in [-0.2, -0.15) is 5.26 Å². The number of rotatable bonds is 4. The molecule has 20 heavy (non-hydrogen) atoms. The largest absolute Gasteiger partial charge is 0.494 e. The highest BCUT2D eigenvalue weighted by Crippen LogP contribution is 2.17. The fraction of sp³-hybridized carbons (Fsp3) is 0.333. The SMILES string of the molecule is CCOc1ccc(/C=C(/C#N)C(=O)N2CC(O)C2)cc1. The Morgan fingerprint density at radius 2 is 2.15 bits per heavy atom. The van der Waals surface area contributed by atoms with Gasteiger partial charge in [-0.05, 0) is 30.7 Å². The molecule has 1 saturated heterocycles. The molecule has 0 bridgehead atoms. The molecule has 104 valence electrons. The number of amides is 1. The van der Waals surface area contributed by atoms with Crippen LogP contribution in [0.2, 0.25) is 0 Å². The predicted octanol–water partition coefficient (Wildman–Crippen LogP) is 1.20. The van der Waals surface area contributed by atoms with Crippen LogP contribution in [0.25, 0.3) is 6.08 Å². The molecule has 1 aromatic carbocycles. The average molecular weight is 272 g/mol. The van der Waals surface area contributed by atoms with E-state index in [2.05, 4.69) is 0 Å². The Hall–Kier alpha value is -2.32. The summed E-state index contributed by atoms with van der Waals surface area (Å²) < 4.78 is 5.33. The number of likely N-dealkylation sites (tertiary alicyclic amines) is 1. The van der Waals surface area contributed by atoms with Crippen molar-refractivity contribution in [3.8, 4) is 11.8 Å². The van der Waals surface area contributed by atoms with E-state index >= 15 is 0 Å². The van der Waals surface area contributed by atoms with Crippen molar-refractivity contribution in [1.29, 1.82) is 5.26 Å². The van der Waals surface area contributed by atoms with E-state index in [1.165, 1.54) is 4.90 Å². The van der Waals surface area contributed by atoms with Crippen LogP contribution >= 0.6 is 0 Å². The van der Waals surface area contributed by atoms with Gasteiger partial charge in [0.25, 0.3) is 5.91 Å². The molecule has 0 aliphatic carbocycles. The van der Waals surface area contributed by atoms with E-state index in [0.29, 0.717) is 19.7 Å². The van der Waals surface area contributed by atoms with Crippen LogP contribution in [-0.2, 0) is 4.79 Å². The molecule has 0 radical (unpaired) electrons. The summed E-state index contributed by atoms with van der Waals surface area (Å²) in [4.78, 5) is 13.4. The van der Waals surface area contributed by atoms with Crippen LogP contribution < -0.4 is 4.74 Å². The molecule has 0 saturated carbocycles. The number of ether oxygens (including phenoxy) is 1. The minimum Gasteiger partial charge on any atom is -0.494 e. The molecule has 1 aliphatic heterocycles. The number of β-amino-alcohol motifs (C(OH)–C–C–N with tert-alkyl or cyclic N) is 1. The fourth-order valence-electron chi connectivity index (χ4n) is 1.93. The van der Waals surface area contributed by atoms with E-state index in [-0.39, 0.29) is 11.5 Å². The summed E-state index contributed by atoms with van der Waals surface area (Å²) in [6.07, 6.45) is 1.08. The molecule has 1 amide bonds. The molecule has 0 atom stereocenters. The Kier molecular flexibility index (Phi) is 4.38. The monoisotopic (exact) mass is 272 g/mol. The minimum absolute atomic E-state index is 0.0704. The summed E-state index contributed by atoms with van der Waals surface area (Å²) in [5, 5.41) is 18.3. The molecule has 0 unspecified atom stereocenters. The van der Waals surface area contributed by atoms with Crippen molar-refractivity contribution in [3.63, 3.8) is 0 Å². The second-order valence-electron chi connectivity index (χ2n) is 4.54. The molecule has 5 heteroatoms. The van der Waals surface area contributed by atoms with Gasteiger partial charge in [0, 0.05) is 13.1 Å². The fourth-order valence-corrected chi connectivity index (χ4v) is 1.93. The lowest BCUT2D eigenvalue weighted by atomic mass is 10.1. The second kappa shape index (κ2) is 6.22. The van der Waals surface area contributed by atoms with Crippen molar-refractivity contribution in [2.45, 2.75) is 13.0 Å². The smallest absolute Gasteiger partial charge is 0.264 e. The second-order valence-corrected chi connectivity index (χ2v) is 4.54. The summed E-state index contributed by atoms with van der Waals surface area (Å²) in [7, 11) is 0. The molecule has 2 rings (SSSR count). The van der Waals surface area contributed by atoms with E-state index in [9.17, 15) is 9.90 Å². The van der Waals surface area contributed by atoms with Gasteiger partial charge in [-0.3, -0.25) is 4.79 Å². The molecular weight excluding hydrogens is 256 g/mol. The maximum atomic E-state index is 12.0. The first-order valence-electron chi connectivity index (χ1n) is 6.46. The summed E-state index contributed by atoms with van der Waals surface area (Å²) in [5.74, 6) is 0.409. The molecule has 1 heterocycles. The zero-order chi connectivity index (χ0) is 14.5. The van der Waals surface area contributed by atoms with Gasteiger partial charge < -0.3 is 14.7 Å². The number of nitriles is 1. The highest BCUT2D eigenvalue weighted by atomic mass is 16.5. The molecule has 1 N–H and O–H groups in total. The Morgan fingerprint density at radius 3 is 2.65 bits per heavy atom. The van der Waals surface area contributed by atoms with Gasteiger partial charge in [0.15, 0.2) is 0 Å². The normalized spacial score (nSPS) is 15.4. The van der Waals surface area contributed by atoms with Crippen molar-refractivity contribution in [1.82, 2.24) is 4.90 Å². The Balaban J connectivity index is 2.10. The number of benzene rings is 1. The Labute approximate surface area is 117 Å². The molecule has 1 aliphatic rings. The van der Waals surface area contributed by atoms with Gasteiger partial charge in [0.1, 0.15) is 17.4 Å². The molecule has 1 fully saturated rings. The zero-order valence-corrected chi connectivity index (χ0v) is 11.2. The molecule has 0 aromatic heterocycles. The van der Waals surface area contributed by atoms with Crippen molar-refractivity contribution in [3.05, 3.63) is 35.4 Å². The lowest BCUT2D eigenvalue weighted by Gasteiger charge is -2.35. The van der Waals surface area contributed by atoms with E-state index in [1.807, 2.05) is 13.0 Å². The highest BCUT2D eigenvalue weighted by Gasteiger charge is 2.30. The summed E-state index contributed by atoms with van der Waals surface area (Å²) >= 11 is 0. The molecule has 0 spiro atoms. The van der Waals surface area contributed by atoms with E-state index in [0.717, 1.165) is 11.3 Å². The topological polar surface area (TPSA) is 73.6 Å². The number of hydrogen-bond acceptors (Lipinski definition) is 4. The molecular formula is C15H16N2O3. The van der Waals surface area contributed by atoms with Gasteiger partial charge in [0.05, 0.1) is 12.7 Å². The minimum atomic E-state index is -0.468.